The lowest BCUT2D eigenvalue weighted by Gasteiger charge is -2.25. The van der Waals surface area contributed by atoms with Gasteiger partial charge in [-0.3, -0.25) is 0 Å². The zero-order valence-corrected chi connectivity index (χ0v) is 16.6. The number of ether oxygens (including phenoxy) is 1. The largest absolute Gasteiger partial charge is 0.493 e. The van der Waals surface area contributed by atoms with Crippen LogP contribution < -0.4 is 9.46 Å². The summed E-state index contributed by atoms with van der Waals surface area (Å²) in [6.07, 6.45) is 0.900. The van der Waals surface area contributed by atoms with Gasteiger partial charge in [0.15, 0.2) is 0 Å². The van der Waals surface area contributed by atoms with Crippen LogP contribution in [0, 0.1) is 13.8 Å². The molecule has 0 aliphatic carbocycles. The Kier molecular flexibility index (Phi) is 5.37. The molecule has 0 amide bonds. The third kappa shape index (κ3) is 3.92. The molecule has 2 aromatic rings. The molecule has 3 rings (SSSR count). The van der Waals surface area contributed by atoms with Crippen molar-refractivity contribution >= 4 is 10.0 Å². The number of hydrogen-bond acceptors (Lipinski definition) is 4. The van der Waals surface area contributed by atoms with Crippen molar-refractivity contribution in [2.75, 3.05) is 27.2 Å². The van der Waals surface area contributed by atoms with Crippen LogP contribution >= 0.6 is 0 Å². The van der Waals surface area contributed by atoms with E-state index in [4.69, 9.17) is 4.74 Å². The number of aryl methyl sites for hydroxylation is 2. The maximum atomic E-state index is 12.8. The first-order valence-electron chi connectivity index (χ1n) is 8.77. The summed E-state index contributed by atoms with van der Waals surface area (Å²) in [6.45, 7) is 4.73. The van der Waals surface area contributed by atoms with Gasteiger partial charge in [-0.25, -0.2) is 13.1 Å². The van der Waals surface area contributed by atoms with E-state index in [2.05, 4.69) is 10.8 Å². The Bertz CT molecular complexity index is 907. The zero-order chi connectivity index (χ0) is 18.9. The Hall–Kier alpha value is -1.89. The first-order valence-corrected chi connectivity index (χ1v) is 10.3. The molecule has 1 atom stereocenters. The minimum atomic E-state index is -3.56. The van der Waals surface area contributed by atoms with Crippen molar-refractivity contribution in [1.82, 2.24) is 9.62 Å². The van der Waals surface area contributed by atoms with E-state index in [9.17, 15) is 8.42 Å². The van der Waals surface area contributed by atoms with Crippen LogP contribution in [0.25, 0.3) is 0 Å². The van der Waals surface area contributed by atoms with Gasteiger partial charge in [-0.1, -0.05) is 24.3 Å². The average Bonchev–Trinajstić information content (AvgIpc) is 3.04. The number of nitrogens with zero attached hydrogens (tertiary/aromatic N) is 1. The Labute approximate surface area is 156 Å². The van der Waals surface area contributed by atoms with E-state index in [0.29, 0.717) is 18.0 Å². The topological polar surface area (TPSA) is 58.6 Å². The fourth-order valence-electron chi connectivity index (χ4n) is 3.28. The second-order valence-electron chi connectivity index (χ2n) is 7.07. The molecule has 2 aromatic carbocycles. The molecule has 1 aliphatic rings. The summed E-state index contributed by atoms with van der Waals surface area (Å²) in [5, 5.41) is 0. The van der Waals surface area contributed by atoms with Crippen molar-refractivity contribution in [3.05, 3.63) is 58.7 Å². The van der Waals surface area contributed by atoms with E-state index < -0.39 is 10.0 Å². The lowest BCUT2D eigenvalue weighted by molar-refractivity contribution is 0.299. The van der Waals surface area contributed by atoms with E-state index in [1.165, 1.54) is 5.56 Å². The second-order valence-corrected chi connectivity index (χ2v) is 8.80. The van der Waals surface area contributed by atoms with Gasteiger partial charge in [0.05, 0.1) is 11.5 Å². The van der Waals surface area contributed by atoms with Crippen molar-refractivity contribution in [3.63, 3.8) is 0 Å². The van der Waals surface area contributed by atoms with Crippen LogP contribution in [-0.4, -0.2) is 40.6 Å². The highest BCUT2D eigenvalue weighted by Crippen LogP contribution is 2.29. The first kappa shape index (κ1) is 18.9. The summed E-state index contributed by atoms with van der Waals surface area (Å²) < 4.78 is 34.0. The summed E-state index contributed by atoms with van der Waals surface area (Å²) in [6, 6.07) is 11.5. The van der Waals surface area contributed by atoms with Gasteiger partial charge in [0.2, 0.25) is 10.0 Å². The van der Waals surface area contributed by atoms with Crippen molar-refractivity contribution in [1.29, 1.82) is 0 Å². The average molecular weight is 375 g/mol. The number of benzene rings is 2. The molecule has 0 spiro atoms. The van der Waals surface area contributed by atoms with Gasteiger partial charge >= 0.3 is 0 Å². The minimum Gasteiger partial charge on any atom is -0.493 e. The number of sulfonamides is 1. The molecular weight excluding hydrogens is 348 g/mol. The van der Waals surface area contributed by atoms with Crippen molar-refractivity contribution in [2.24, 2.45) is 0 Å². The lowest BCUT2D eigenvalue weighted by atomic mass is 10.0. The predicted molar refractivity (Wildman–Crippen MR) is 103 cm³/mol. The van der Waals surface area contributed by atoms with Gasteiger partial charge < -0.3 is 9.64 Å². The molecule has 0 saturated heterocycles. The Morgan fingerprint density at radius 1 is 1.15 bits per heavy atom. The van der Waals surface area contributed by atoms with E-state index >= 15 is 0 Å². The van der Waals surface area contributed by atoms with Crippen LogP contribution in [0.1, 0.15) is 28.3 Å². The number of nitrogens with one attached hydrogen (secondary N) is 1. The number of hydrogen-bond donors (Lipinski definition) is 1. The summed E-state index contributed by atoms with van der Waals surface area (Å²) in [5.74, 6) is 0.933. The normalized spacial score (nSPS) is 15.0. The SMILES string of the molecule is Cc1ccc(C)c(S(=O)(=O)NCC(c2ccc3c(c2)CCO3)N(C)C)c1. The molecule has 0 fully saturated rings. The summed E-state index contributed by atoms with van der Waals surface area (Å²) in [4.78, 5) is 2.38. The van der Waals surface area contributed by atoms with Crippen molar-refractivity contribution < 1.29 is 13.2 Å². The minimum absolute atomic E-state index is 0.0548. The number of fused-ring (bicyclic) bond motifs is 1. The molecule has 1 unspecified atom stereocenters. The first-order chi connectivity index (χ1) is 12.3. The van der Waals surface area contributed by atoms with Gasteiger partial charge in [-0.2, -0.15) is 0 Å². The quantitative estimate of drug-likeness (QED) is 0.845. The van der Waals surface area contributed by atoms with Gasteiger partial charge in [0.25, 0.3) is 0 Å². The molecule has 6 heteroatoms. The van der Waals surface area contributed by atoms with Crippen molar-refractivity contribution in [2.45, 2.75) is 31.2 Å². The molecule has 1 heterocycles. The van der Waals surface area contributed by atoms with E-state index in [-0.39, 0.29) is 6.04 Å². The van der Waals surface area contributed by atoms with E-state index in [1.54, 1.807) is 6.07 Å². The summed E-state index contributed by atoms with van der Waals surface area (Å²) >= 11 is 0. The number of rotatable bonds is 6. The van der Waals surface area contributed by atoms with E-state index in [1.807, 2.05) is 57.1 Å². The fraction of sp³-hybridized carbons (Fsp3) is 0.400. The summed E-state index contributed by atoms with van der Waals surface area (Å²) in [7, 11) is 0.355. The third-order valence-electron chi connectivity index (χ3n) is 4.82. The molecule has 26 heavy (non-hydrogen) atoms. The molecule has 5 nitrogen and oxygen atoms in total. The van der Waals surface area contributed by atoms with Crippen LogP contribution in [0.5, 0.6) is 5.75 Å². The molecular formula is C20H26N2O3S. The smallest absolute Gasteiger partial charge is 0.240 e. The zero-order valence-electron chi connectivity index (χ0n) is 15.7. The van der Waals surface area contributed by atoms with Crippen LogP contribution in [0.4, 0.5) is 0 Å². The van der Waals surface area contributed by atoms with Gasteiger partial charge in [0, 0.05) is 19.0 Å². The van der Waals surface area contributed by atoms with Gasteiger partial charge in [0.1, 0.15) is 5.75 Å². The molecule has 0 radical (unpaired) electrons. The molecule has 1 N–H and O–H groups in total. The predicted octanol–water partition coefficient (Wildman–Crippen LogP) is 2.82. The molecule has 0 bridgehead atoms. The second kappa shape index (κ2) is 7.39. The van der Waals surface area contributed by atoms with Crippen LogP contribution in [-0.2, 0) is 16.4 Å². The fourth-order valence-corrected chi connectivity index (χ4v) is 4.64. The maximum Gasteiger partial charge on any atom is 0.240 e. The van der Waals surface area contributed by atoms with E-state index in [0.717, 1.165) is 28.9 Å². The lowest BCUT2D eigenvalue weighted by Crippen LogP contribution is -2.34. The Morgan fingerprint density at radius 3 is 2.65 bits per heavy atom. The molecule has 0 aromatic heterocycles. The third-order valence-corrected chi connectivity index (χ3v) is 6.39. The van der Waals surface area contributed by atoms with Crippen molar-refractivity contribution in [3.8, 4) is 5.75 Å². The van der Waals surface area contributed by atoms with Crippen LogP contribution in [0.3, 0.4) is 0 Å². The summed E-state index contributed by atoms with van der Waals surface area (Å²) in [5.41, 5.74) is 3.95. The standard InChI is InChI=1S/C20H26N2O3S/c1-14-5-6-15(2)20(11-14)26(23,24)21-13-18(22(3)4)16-7-8-19-17(12-16)9-10-25-19/h5-8,11-12,18,21H,9-10,13H2,1-4H3. The monoisotopic (exact) mass is 374 g/mol. The van der Waals surface area contributed by atoms with Gasteiger partial charge in [-0.05, 0) is 62.3 Å². The van der Waals surface area contributed by atoms with Crippen LogP contribution in [0.15, 0.2) is 41.3 Å². The molecule has 0 saturated carbocycles. The molecule has 140 valence electrons. The van der Waals surface area contributed by atoms with Crippen LogP contribution in [0.2, 0.25) is 0 Å². The highest BCUT2D eigenvalue weighted by atomic mass is 32.2. The highest BCUT2D eigenvalue weighted by molar-refractivity contribution is 7.89. The van der Waals surface area contributed by atoms with Gasteiger partial charge in [-0.15, -0.1) is 0 Å². The molecule has 1 aliphatic heterocycles. The maximum absolute atomic E-state index is 12.8. The Balaban J connectivity index is 1.82. The number of likely N-dealkylation sites (N-methyl/N-ethyl adjacent to an activating group) is 1. The Morgan fingerprint density at radius 2 is 1.92 bits per heavy atom. The highest BCUT2D eigenvalue weighted by Gasteiger charge is 2.23.